The first kappa shape index (κ1) is 15.3. The van der Waals surface area contributed by atoms with Gasteiger partial charge in [0.15, 0.2) is 0 Å². The lowest BCUT2D eigenvalue weighted by Gasteiger charge is -2.18. The molecule has 0 radical (unpaired) electrons. The molecule has 20 heavy (non-hydrogen) atoms. The van der Waals surface area contributed by atoms with Crippen molar-refractivity contribution in [1.82, 2.24) is 29.7 Å². The summed E-state index contributed by atoms with van der Waals surface area (Å²) in [6, 6.07) is -0.257. The second kappa shape index (κ2) is 6.59. The average molecular weight is 316 g/mol. The lowest BCUT2D eigenvalue weighted by Crippen LogP contribution is -2.31. The van der Waals surface area contributed by atoms with Crippen LogP contribution in [0.4, 0.5) is 0 Å². The Morgan fingerprint density at radius 1 is 1.55 bits per heavy atom. The van der Waals surface area contributed by atoms with Gasteiger partial charge in [-0.3, -0.25) is 10.5 Å². The van der Waals surface area contributed by atoms with E-state index in [1.165, 1.54) is 11.5 Å². The van der Waals surface area contributed by atoms with Gasteiger partial charge in [0.25, 0.3) is 0 Å². The quantitative estimate of drug-likeness (QED) is 0.606. The van der Waals surface area contributed by atoms with Crippen LogP contribution in [-0.4, -0.2) is 44.9 Å². The van der Waals surface area contributed by atoms with Gasteiger partial charge in [-0.05, 0) is 32.6 Å². The molecule has 9 heteroatoms. The maximum Gasteiger partial charge on any atom is 0.102 e. The molecule has 0 amide bonds. The van der Waals surface area contributed by atoms with Crippen LogP contribution in [0.3, 0.4) is 0 Å². The zero-order valence-corrected chi connectivity index (χ0v) is 13.2. The van der Waals surface area contributed by atoms with E-state index in [0.717, 1.165) is 29.4 Å². The predicted octanol–water partition coefficient (Wildman–Crippen LogP) is 0.811. The molecule has 1 unspecified atom stereocenters. The summed E-state index contributed by atoms with van der Waals surface area (Å²) >= 11 is 7.58. The topological polar surface area (TPSA) is 84.9 Å². The lowest BCUT2D eigenvalue weighted by molar-refractivity contribution is 0.366. The molecule has 0 fully saturated rings. The van der Waals surface area contributed by atoms with E-state index < -0.39 is 0 Å². The van der Waals surface area contributed by atoms with Crippen LogP contribution in [0.1, 0.15) is 22.3 Å². The van der Waals surface area contributed by atoms with Gasteiger partial charge < -0.3 is 4.90 Å². The Morgan fingerprint density at radius 3 is 2.85 bits per heavy atom. The molecule has 0 aliphatic rings. The van der Waals surface area contributed by atoms with Gasteiger partial charge in [-0.1, -0.05) is 16.1 Å². The van der Waals surface area contributed by atoms with Crippen LogP contribution in [0.2, 0.25) is 5.02 Å². The molecule has 0 aromatic carbocycles. The number of rotatable bonds is 6. The van der Waals surface area contributed by atoms with Crippen molar-refractivity contribution >= 4 is 23.1 Å². The van der Waals surface area contributed by atoms with E-state index in [1.54, 1.807) is 6.20 Å². The Balaban J connectivity index is 2.34. The summed E-state index contributed by atoms with van der Waals surface area (Å²) in [6.07, 6.45) is 1.64. The van der Waals surface area contributed by atoms with Gasteiger partial charge in [0.05, 0.1) is 34.0 Å². The van der Waals surface area contributed by atoms with Crippen molar-refractivity contribution in [3.05, 3.63) is 27.5 Å². The third kappa shape index (κ3) is 3.15. The molecule has 0 bridgehead atoms. The number of hydrogen-bond donors (Lipinski definition) is 2. The van der Waals surface area contributed by atoms with Gasteiger partial charge in [0.1, 0.15) is 6.04 Å². The SMILES string of the molecule is Cc1nnsc1C(NN)c1c(Cl)cnn1CCN(C)C. The van der Waals surface area contributed by atoms with Crippen molar-refractivity contribution in [2.24, 2.45) is 5.84 Å². The van der Waals surface area contributed by atoms with Crippen LogP contribution < -0.4 is 11.3 Å². The van der Waals surface area contributed by atoms with Crippen LogP contribution >= 0.6 is 23.1 Å². The molecule has 7 nitrogen and oxygen atoms in total. The molecule has 2 aromatic heterocycles. The maximum absolute atomic E-state index is 6.27. The number of aryl methyl sites for hydroxylation is 1. The number of nitrogens with zero attached hydrogens (tertiary/aromatic N) is 5. The zero-order chi connectivity index (χ0) is 14.7. The summed E-state index contributed by atoms with van der Waals surface area (Å²) in [7, 11) is 4.03. The summed E-state index contributed by atoms with van der Waals surface area (Å²) in [5.41, 5.74) is 4.47. The Labute approximate surface area is 126 Å². The fourth-order valence-corrected chi connectivity index (χ4v) is 2.87. The largest absolute Gasteiger partial charge is 0.308 e. The van der Waals surface area contributed by atoms with E-state index in [1.807, 2.05) is 25.7 Å². The van der Waals surface area contributed by atoms with E-state index in [0.29, 0.717) is 5.02 Å². The number of nitrogens with two attached hydrogens (primary N) is 1. The minimum atomic E-state index is -0.257. The van der Waals surface area contributed by atoms with Crippen LogP contribution in [0.5, 0.6) is 0 Å². The Bertz CT molecular complexity index is 565. The maximum atomic E-state index is 6.27. The summed E-state index contributed by atoms with van der Waals surface area (Å²) in [6.45, 7) is 3.50. The summed E-state index contributed by atoms with van der Waals surface area (Å²) < 4.78 is 5.82. The highest BCUT2D eigenvalue weighted by atomic mass is 35.5. The molecule has 2 rings (SSSR count). The molecule has 0 aliphatic heterocycles. The minimum absolute atomic E-state index is 0.257. The second-order valence-electron chi connectivity index (χ2n) is 4.73. The number of halogens is 1. The number of hydrazine groups is 1. The zero-order valence-electron chi connectivity index (χ0n) is 11.7. The van der Waals surface area contributed by atoms with Gasteiger partial charge in [0.2, 0.25) is 0 Å². The van der Waals surface area contributed by atoms with Crippen molar-refractivity contribution in [2.45, 2.75) is 19.5 Å². The monoisotopic (exact) mass is 315 g/mol. The van der Waals surface area contributed by atoms with E-state index in [4.69, 9.17) is 17.4 Å². The molecule has 110 valence electrons. The highest BCUT2D eigenvalue weighted by molar-refractivity contribution is 7.05. The summed E-state index contributed by atoms with van der Waals surface area (Å²) in [5.74, 6) is 5.71. The van der Waals surface area contributed by atoms with Crippen LogP contribution in [0.15, 0.2) is 6.20 Å². The molecule has 0 spiro atoms. The van der Waals surface area contributed by atoms with E-state index >= 15 is 0 Å². The molecule has 0 saturated heterocycles. The highest BCUT2D eigenvalue weighted by Gasteiger charge is 2.24. The van der Waals surface area contributed by atoms with Gasteiger partial charge in [-0.15, -0.1) is 5.10 Å². The number of nitrogens with one attached hydrogen (secondary N) is 1. The predicted molar refractivity (Wildman–Crippen MR) is 79.6 cm³/mol. The summed E-state index contributed by atoms with van der Waals surface area (Å²) in [5, 5.41) is 8.93. The van der Waals surface area contributed by atoms with Gasteiger partial charge >= 0.3 is 0 Å². The standard InChI is InChI=1S/C11H18ClN7S/c1-7-11(20-17-16-7)9(15-13)10-8(12)6-14-19(10)5-4-18(2)3/h6,9,15H,4-5,13H2,1-3H3. The fraction of sp³-hybridized carbons (Fsp3) is 0.545. The molecule has 3 N–H and O–H groups in total. The van der Waals surface area contributed by atoms with E-state index in [-0.39, 0.29) is 6.04 Å². The molecule has 2 heterocycles. The normalized spacial score (nSPS) is 13.1. The number of likely N-dealkylation sites (N-methyl/N-ethyl adjacent to an activating group) is 1. The van der Waals surface area contributed by atoms with E-state index in [2.05, 4.69) is 25.0 Å². The molecular formula is C11H18ClN7S. The Morgan fingerprint density at radius 2 is 2.30 bits per heavy atom. The average Bonchev–Trinajstić information content (AvgIpc) is 2.97. The smallest absolute Gasteiger partial charge is 0.102 e. The highest BCUT2D eigenvalue weighted by Crippen LogP contribution is 2.30. The van der Waals surface area contributed by atoms with Crippen molar-refractivity contribution in [2.75, 3.05) is 20.6 Å². The Kier molecular flexibility index (Phi) is 5.06. The molecule has 0 saturated carbocycles. The van der Waals surface area contributed by atoms with Crippen LogP contribution in [-0.2, 0) is 6.54 Å². The molecular weight excluding hydrogens is 298 g/mol. The summed E-state index contributed by atoms with van der Waals surface area (Å²) in [4.78, 5) is 3.03. The third-order valence-corrected chi connectivity index (χ3v) is 4.16. The molecule has 2 aromatic rings. The molecule has 1 atom stereocenters. The van der Waals surface area contributed by atoms with Crippen LogP contribution in [0.25, 0.3) is 0 Å². The van der Waals surface area contributed by atoms with Crippen LogP contribution in [0, 0.1) is 6.92 Å². The second-order valence-corrected chi connectivity index (χ2v) is 5.92. The van der Waals surface area contributed by atoms with E-state index in [9.17, 15) is 0 Å². The van der Waals surface area contributed by atoms with Gasteiger partial charge in [-0.2, -0.15) is 5.10 Å². The number of hydrogen-bond acceptors (Lipinski definition) is 7. The third-order valence-electron chi connectivity index (χ3n) is 2.98. The van der Waals surface area contributed by atoms with Gasteiger partial charge in [-0.25, -0.2) is 5.43 Å². The van der Waals surface area contributed by atoms with Gasteiger partial charge in [0, 0.05) is 6.54 Å². The minimum Gasteiger partial charge on any atom is -0.308 e. The van der Waals surface area contributed by atoms with Crippen molar-refractivity contribution in [3.63, 3.8) is 0 Å². The molecule has 0 aliphatic carbocycles. The lowest BCUT2D eigenvalue weighted by atomic mass is 10.1. The number of aromatic nitrogens is 4. The van der Waals surface area contributed by atoms with Crippen molar-refractivity contribution in [1.29, 1.82) is 0 Å². The first-order valence-electron chi connectivity index (χ1n) is 6.15. The van der Waals surface area contributed by atoms with Crippen molar-refractivity contribution in [3.8, 4) is 0 Å². The first-order chi connectivity index (χ1) is 9.54. The fourth-order valence-electron chi connectivity index (χ4n) is 1.91. The van der Waals surface area contributed by atoms with Crippen molar-refractivity contribution < 1.29 is 0 Å². The first-order valence-corrected chi connectivity index (χ1v) is 7.30. The Hall–Kier alpha value is -1.06.